The Kier molecular flexibility index (Phi) is 3.69. The molecule has 0 aliphatic heterocycles. The van der Waals surface area contributed by atoms with Crippen molar-refractivity contribution in [3.8, 4) is 28.6 Å². The van der Waals surface area contributed by atoms with Gasteiger partial charge in [-0.25, -0.2) is 15.0 Å². The molecule has 0 saturated carbocycles. The molecular weight excluding hydrogens is 390 g/mol. The Morgan fingerprint density at radius 3 is 2.74 bits per heavy atom. The second-order valence-electron chi connectivity index (χ2n) is 7.42. The highest BCUT2D eigenvalue weighted by Crippen LogP contribution is 2.30. The van der Waals surface area contributed by atoms with Gasteiger partial charge in [0.05, 0.1) is 28.6 Å². The van der Waals surface area contributed by atoms with Gasteiger partial charge in [-0.05, 0) is 37.6 Å². The lowest BCUT2D eigenvalue weighted by Crippen LogP contribution is -1.95. The van der Waals surface area contributed by atoms with Gasteiger partial charge in [0.25, 0.3) is 0 Å². The molecule has 31 heavy (non-hydrogen) atoms. The highest BCUT2D eigenvalue weighted by molar-refractivity contribution is 5.95. The van der Waals surface area contributed by atoms with E-state index in [0.717, 1.165) is 50.1 Å². The second kappa shape index (κ2) is 6.56. The number of imidazole rings is 2. The summed E-state index contributed by atoms with van der Waals surface area (Å²) in [6.45, 7) is 3.99. The van der Waals surface area contributed by atoms with E-state index in [1.807, 2.05) is 49.0 Å². The van der Waals surface area contributed by atoms with Crippen molar-refractivity contribution in [1.82, 2.24) is 44.7 Å². The van der Waals surface area contributed by atoms with E-state index in [1.54, 1.807) is 24.9 Å². The standard InChI is InChI=1S/C22H17N9/c1-12-3-5-23-8-15(12)17-7-14-18(9-25-17)29-30-19(14)21-27-16-4-6-24-22(20(16)28-21)31-10-13(2)26-11-31/h3-11H,1-2H3,(H,27,28)(H,29,30). The summed E-state index contributed by atoms with van der Waals surface area (Å²) < 4.78 is 1.87. The van der Waals surface area contributed by atoms with Gasteiger partial charge in [-0.1, -0.05) is 0 Å². The quantitative estimate of drug-likeness (QED) is 0.462. The minimum Gasteiger partial charge on any atom is -0.336 e. The molecule has 0 aliphatic rings. The van der Waals surface area contributed by atoms with Crippen molar-refractivity contribution >= 4 is 21.9 Å². The van der Waals surface area contributed by atoms with E-state index in [1.165, 1.54) is 0 Å². The van der Waals surface area contributed by atoms with Gasteiger partial charge in [0.1, 0.15) is 17.5 Å². The molecule has 0 saturated heterocycles. The molecule has 0 aliphatic carbocycles. The Hall–Kier alpha value is -4.40. The van der Waals surface area contributed by atoms with Gasteiger partial charge in [0, 0.05) is 35.7 Å². The molecule has 0 spiro atoms. The maximum absolute atomic E-state index is 4.83. The molecule has 150 valence electrons. The summed E-state index contributed by atoms with van der Waals surface area (Å²) in [6.07, 6.45) is 10.8. The van der Waals surface area contributed by atoms with Crippen LogP contribution >= 0.6 is 0 Å². The number of H-pyrrole nitrogens is 2. The average molecular weight is 407 g/mol. The Morgan fingerprint density at radius 2 is 1.90 bits per heavy atom. The molecule has 6 aromatic heterocycles. The van der Waals surface area contributed by atoms with Gasteiger partial charge < -0.3 is 4.98 Å². The summed E-state index contributed by atoms with van der Waals surface area (Å²) >= 11 is 0. The van der Waals surface area contributed by atoms with Gasteiger partial charge in [-0.2, -0.15) is 5.10 Å². The number of pyridine rings is 3. The maximum Gasteiger partial charge on any atom is 0.166 e. The highest BCUT2D eigenvalue weighted by atomic mass is 15.2. The number of nitrogens with one attached hydrogen (secondary N) is 2. The molecule has 0 aromatic carbocycles. The largest absolute Gasteiger partial charge is 0.336 e. The monoisotopic (exact) mass is 407 g/mol. The Balaban J connectivity index is 1.52. The van der Waals surface area contributed by atoms with Crippen LogP contribution in [0.5, 0.6) is 0 Å². The van der Waals surface area contributed by atoms with Crippen molar-refractivity contribution in [2.24, 2.45) is 0 Å². The Labute approximate surface area is 176 Å². The third-order valence-corrected chi connectivity index (χ3v) is 5.32. The van der Waals surface area contributed by atoms with Crippen molar-refractivity contribution in [2.45, 2.75) is 13.8 Å². The van der Waals surface area contributed by atoms with E-state index in [2.05, 4.69) is 35.1 Å². The summed E-state index contributed by atoms with van der Waals surface area (Å²) in [5.74, 6) is 1.38. The van der Waals surface area contributed by atoms with E-state index in [4.69, 9.17) is 4.98 Å². The van der Waals surface area contributed by atoms with Crippen LogP contribution in [0.1, 0.15) is 11.3 Å². The normalized spacial score (nSPS) is 11.5. The summed E-state index contributed by atoms with van der Waals surface area (Å²) in [4.78, 5) is 25.8. The predicted molar refractivity (Wildman–Crippen MR) is 117 cm³/mol. The van der Waals surface area contributed by atoms with Gasteiger partial charge in [-0.3, -0.25) is 19.6 Å². The van der Waals surface area contributed by atoms with E-state index in [9.17, 15) is 0 Å². The minimum atomic E-state index is 0.660. The van der Waals surface area contributed by atoms with Crippen LogP contribution in [0, 0.1) is 13.8 Å². The zero-order valence-corrected chi connectivity index (χ0v) is 16.8. The number of fused-ring (bicyclic) bond motifs is 2. The van der Waals surface area contributed by atoms with Gasteiger partial charge >= 0.3 is 0 Å². The molecule has 0 atom stereocenters. The van der Waals surface area contributed by atoms with Crippen LogP contribution in [-0.2, 0) is 0 Å². The average Bonchev–Trinajstić information content (AvgIpc) is 3.50. The molecule has 9 heteroatoms. The molecule has 6 aromatic rings. The highest BCUT2D eigenvalue weighted by Gasteiger charge is 2.17. The molecule has 9 nitrogen and oxygen atoms in total. The van der Waals surface area contributed by atoms with Crippen LogP contribution in [0.2, 0.25) is 0 Å². The lowest BCUT2D eigenvalue weighted by atomic mass is 10.1. The van der Waals surface area contributed by atoms with Crippen LogP contribution in [0.4, 0.5) is 0 Å². The van der Waals surface area contributed by atoms with Crippen LogP contribution in [0.25, 0.3) is 50.5 Å². The Bertz CT molecular complexity index is 1570. The van der Waals surface area contributed by atoms with Crippen LogP contribution in [-0.4, -0.2) is 44.7 Å². The lowest BCUT2D eigenvalue weighted by molar-refractivity contribution is 1.00. The van der Waals surface area contributed by atoms with Crippen molar-refractivity contribution in [1.29, 1.82) is 0 Å². The summed E-state index contributed by atoms with van der Waals surface area (Å²) in [5.41, 5.74) is 7.05. The molecule has 0 bridgehead atoms. The fraction of sp³-hybridized carbons (Fsp3) is 0.0909. The number of aromatic nitrogens is 9. The zero-order chi connectivity index (χ0) is 20.9. The fourth-order valence-electron chi connectivity index (χ4n) is 3.74. The first-order valence-corrected chi connectivity index (χ1v) is 9.78. The third kappa shape index (κ3) is 2.78. The predicted octanol–water partition coefficient (Wildman–Crippen LogP) is 3.76. The van der Waals surface area contributed by atoms with Crippen molar-refractivity contribution in [2.75, 3.05) is 0 Å². The van der Waals surface area contributed by atoms with E-state index >= 15 is 0 Å². The first kappa shape index (κ1) is 17.5. The second-order valence-corrected chi connectivity index (χ2v) is 7.42. The Morgan fingerprint density at radius 1 is 0.968 bits per heavy atom. The number of hydrogen-bond acceptors (Lipinski definition) is 6. The zero-order valence-electron chi connectivity index (χ0n) is 16.8. The van der Waals surface area contributed by atoms with Crippen molar-refractivity contribution < 1.29 is 0 Å². The molecular formula is C22H17N9. The van der Waals surface area contributed by atoms with Crippen LogP contribution in [0.15, 0.2) is 55.5 Å². The van der Waals surface area contributed by atoms with E-state index in [-0.39, 0.29) is 0 Å². The lowest BCUT2D eigenvalue weighted by Gasteiger charge is -2.04. The van der Waals surface area contributed by atoms with Gasteiger partial charge in [-0.15, -0.1) is 0 Å². The minimum absolute atomic E-state index is 0.660. The maximum atomic E-state index is 4.83. The number of nitrogens with zero attached hydrogens (tertiary/aromatic N) is 7. The summed E-state index contributed by atoms with van der Waals surface area (Å²) in [6, 6.07) is 5.90. The van der Waals surface area contributed by atoms with Crippen LogP contribution in [0.3, 0.4) is 0 Å². The molecule has 2 N–H and O–H groups in total. The molecule has 0 fully saturated rings. The van der Waals surface area contributed by atoms with E-state index < -0.39 is 0 Å². The topological polar surface area (TPSA) is 114 Å². The first-order chi connectivity index (χ1) is 15.2. The van der Waals surface area contributed by atoms with Crippen LogP contribution < -0.4 is 0 Å². The molecule has 0 unspecified atom stereocenters. The third-order valence-electron chi connectivity index (χ3n) is 5.32. The molecule has 6 heterocycles. The number of hydrogen-bond donors (Lipinski definition) is 2. The number of aromatic amines is 2. The van der Waals surface area contributed by atoms with Gasteiger partial charge in [0.15, 0.2) is 11.6 Å². The fourth-order valence-corrected chi connectivity index (χ4v) is 3.74. The van der Waals surface area contributed by atoms with Gasteiger partial charge in [0.2, 0.25) is 0 Å². The number of rotatable bonds is 3. The van der Waals surface area contributed by atoms with E-state index in [0.29, 0.717) is 11.6 Å². The smallest absolute Gasteiger partial charge is 0.166 e. The summed E-state index contributed by atoms with van der Waals surface area (Å²) in [5, 5.41) is 8.50. The SMILES string of the molecule is Cc1cn(-c2nccc3[nH]c(-c4n[nH]c5cnc(-c6cnccc6C)cc45)nc23)cn1. The molecule has 6 rings (SSSR count). The number of aryl methyl sites for hydroxylation is 2. The summed E-state index contributed by atoms with van der Waals surface area (Å²) in [7, 11) is 0. The van der Waals surface area contributed by atoms with Crippen molar-refractivity contribution in [3.05, 3.63) is 66.8 Å². The molecule has 0 amide bonds. The first-order valence-electron chi connectivity index (χ1n) is 9.78. The van der Waals surface area contributed by atoms with Crippen molar-refractivity contribution in [3.63, 3.8) is 0 Å². The molecule has 0 radical (unpaired) electrons.